The molecule has 0 aromatic heterocycles. The van der Waals surface area contributed by atoms with Crippen molar-refractivity contribution in [3.8, 4) is 0 Å². The molecule has 1 rings (SSSR count). The molecular formula is C16H23N3O2. The molecule has 0 aliphatic carbocycles. The summed E-state index contributed by atoms with van der Waals surface area (Å²) < 4.78 is 0. The topological polar surface area (TPSA) is 84.2 Å². The Kier molecular flexibility index (Phi) is 6.62. The quantitative estimate of drug-likeness (QED) is 0.674. The summed E-state index contributed by atoms with van der Waals surface area (Å²) in [6.07, 6.45) is 2.52. The first kappa shape index (κ1) is 16.9. The number of carbonyl (C=O) groups is 2. The number of hydrogen-bond acceptors (Lipinski definition) is 3. The molecule has 2 amide bonds. The van der Waals surface area contributed by atoms with E-state index in [1.165, 1.54) is 0 Å². The van der Waals surface area contributed by atoms with Gasteiger partial charge in [-0.05, 0) is 36.6 Å². The van der Waals surface area contributed by atoms with Crippen molar-refractivity contribution in [3.63, 3.8) is 0 Å². The maximum atomic E-state index is 11.7. The van der Waals surface area contributed by atoms with Crippen LogP contribution in [0.4, 0.5) is 11.4 Å². The monoisotopic (exact) mass is 289 g/mol. The maximum Gasteiger partial charge on any atom is 0.241 e. The van der Waals surface area contributed by atoms with Gasteiger partial charge in [0, 0.05) is 17.8 Å². The van der Waals surface area contributed by atoms with Gasteiger partial charge < -0.3 is 16.4 Å². The van der Waals surface area contributed by atoms with Gasteiger partial charge >= 0.3 is 0 Å². The van der Waals surface area contributed by atoms with Crippen LogP contribution in [0.15, 0.2) is 36.9 Å². The fourth-order valence-corrected chi connectivity index (χ4v) is 1.74. The fourth-order valence-electron chi connectivity index (χ4n) is 1.74. The lowest BCUT2D eigenvalue weighted by molar-refractivity contribution is -0.117. The zero-order valence-corrected chi connectivity index (χ0v) is 12.6. The van der Waals surface area contributed by atoms with Crippen molar-refractivity contribution < 1.29 is 9.59 Å². The molecule has 5 nitrogen and oxygen atoms in total. The molecule has 1 aromatic rings. The van der Waals surface area contributed by atoms with Crippen LogP contribution in [0.1, 0.15) is 26.7 Å². The Morgan fingerprint density at radius 2 is 1.71 bits per heavy atom. The molecule has 1 aromatic carbocycles. The van der Waals surface area contributed by atoms with Crippen molar-refractivity contribution in [1.29, 1.82) is 0 Å². The Labute approximate surface area is 125 Å². The average molecular weight is 289 g/mol. The fraction of sp³-hybridized carbons (Fsp3) is 0.375. The van der Waals surface area contributed by atoms with Gasteiger partial charge in [0.2, 0.25) is 11.8 Å². The molecule has 21 heavy (non-hydrogen) atoms. The second-order valence-corrected chi connectivity index (χ2v) is 5.34. The van der Waals surface area contributed by atoms with Crippen molar-refractivity contribution in [1.82, 2.24) is 0 Å². The van der Waals surface area contributed by atoms with E-state index in [0.717, 1.165) is 0 Å². The summed E-state index contributed by atoms with van der Waals surface area (Å²) in [5, 5.41) is 5.52. The van der Waals surface area contributed by atoms with Crippen molar-refractivity contribution in [2.45, 2.75) is 32.7 Å². The normalized spacial score (nSPS) is 11.8. The molecule has 0 saturated carbocycles. The summed E-state index contributed by atoms with van der Waals surface area (Å²) in [7, 11) is 0. The van der Waals surface area contributed by atoms with E-state index in [0.29, 0.717) is 30.1 Å². The third kappa shape index (κ3) is 6.23. The number of rotatable bonds is 7. The summed E-state index contributed by atoms with van der Waals surface area (Å²) in [5.41, 5.74) is 7.02. The van der Waals surface area contributed by atoms with Crippen LogP contribution in [0.25, 0.3) is 0 Å². The van der Waals surface area contributed by atoms with Crippen LogP contribution in [-0.2, 0) is 9.59 Å². The molecular weight excluding hydrogens is 266 g/mol. The SMILES string of the molecule is C=CCC(N)C(=O)Nc1ccc(NC(=O)CC(C)C)cc1. The average Bonchev–Trinajstić information content (AvgIpc) is 2.40. The lowest BCUT2D eigenvalue weighted by Crippen LogP contribution is -2.35. The van der Waals surface area contributed by atoms with Gasteiger partial charge in [-0.2, -0.15) is 0 Å². The molecule has 1 atom stereocenters. The van der Waals surface area contributed by atoms with Crippen molar-refractivity contribution >= 4 is 23.2 Å². The molecule has 0 aliphatic heterocycles. The third-order valence-electron chi connectivity index (χ3n) is 2.79. The number of carbonyl (C=O) groups excluding carboxylic acids is 2. The molecule has 0 fully saturated rings. The van der Waals surface area contributed by atoms with E-state index < -0.39 is 6.04 Å². The number of nitrogens with two attached hydrogens (primary N) is 1. The van der Waals surface area contributed by atoms with Gasteiger partial charge in [0.05, 0.1) is 6.04 Å². The maximum absolute atomic E-state index is 11.7. The van der Waals surface area contributed by atoms with Crippen LogP contribution in [0.3, 0.4) is 0 Å². The third-order valence-corrected chi connectivity index (χ3v) is 2.79. The van der Waals surface area contributed by atoms with E-state index >= 15 is 0 Å². The van der Waals surface area contributed by atoms with Crippen LogP contribution in [0.2, 0.25) is 0 Å². The molecule has 1 unspecified atom stereocenters. The summed E-state index contributed by atoms with van der Waals surface area (Å²) in [6, 6.07) is 6.33. The zero-order chi connectivity index (χ0) is 15.8. The first-order valence-electron chi connectivity index (χ1n) is 6.99. The van der Waals surface area contributed by atoms with Crippen LogP contribution in [0.5, 0.6) is 0 Å². The molecule has 0 saturated heterocycles. The molecule has 0 bridgehead atoms. The zero-order valence-electron chi connectivity index (χ0n) is 12.6. The second kappa shape index (κ2) is 8.21. The first-order valence-corrected chi connectivity index (χ1v) is 6.99. The summed E-state index contributed by atoms with van der Waals surface area (Å²) in [5.74, 6) is 0.0381. The molecule has 5 heteroatoms. The number of hydrogen-bond donors (Lipinski definition) is 3. The second-order valence-electron chi connectivity index (χ2n) is 5.34. The van der Waals surface area contributed by atoms with Gasteiger partial charge in [-0.3, -0.25) is 9.59 Å². The summed E-state index contributed by atoms with van der Waals surface area (Å²) in [4.78, 5) is 23.4. The van der Waals surface area contributed by atoms with Gasteiger partial charge in [0.15, 0.2) is 0 Å². The highest BCUT2D eigenvalue weighted by atomic mass is 16.2. The van der Waals surface area contributed by atoms with Crippen molar-refractivity contribution in [3.05, 3.63) is 36.9 Å². The number of amides is 2. The Balaban J connectivity index is 2.56. The van der Waals surface area contributed by atoms with Gasteiger partial charge in [0.25, 0.3) is 0 Å². The van der Waals surface area contributed by atoms with Gasteiger partial charge in [0.1, 0.15) is 0 Å². The highest BCUT2D eigenvalue weighted by molar-refractivity contribution is 5.95. The molecule has 0 radical (unpaired) electrons. The molecule has 0 heterocycles. The Morgan fingerprint density at radius 1 is 1.19 bits per heavy atom. The van der Waals surface area contributed by atoms with E-state index in [9.17, 15) is 9.59 Å². The van der Waals surface area contributed by atoms with Gasteiger partial charge in [-0.1, -0.05) is 19.9 Å². The predicted octanol–water partition coefficient (Wildman–Crippen LogP) is 2.51. The minimum absolute atomic E-state index is 0.0187. The van der Waals surface area contributed by atoms with Crippen molar-refractivity contribution in [2.24, 2.45) is 11.7 Å². The van der Waals surface area contributed by atoms with E-state index in [4.69, 9.17) is 5.73 Å². The van der Waals surface area contributed by atoms with Crippen LogP contribution >= 0.6 is 0 Å². The largest absolute Gasteiger partial charge is 0.326 e. The minimum atomic E-state index is -0.604. The highest BCUT2D eigenvalue weighted by Gasteiger charge is 2.11. The van der Waals surface area contributed by atoms with Crippen LogP contribution < -0.4 is 16.4 Å². The smallest absolute Gasteiger partial charge is 0.241 e. The molecule has 114 valence electrons. The van der Waals surface area contributed by atoms with Gasteiger partial charge in [-0.25, -0.2) is 0 Å². The summed E-state index contributed by atoms with van der Waals surface area (Å²) in [6.45, 7) is 7.53. The van der Waals surface area contributed by atoms with E-state index in [-0.39, 0.29) is 11.8 Å². The lowest BCUT2D eigenvalue weighted by Gasteiger charge is -2.11. The standard InChI is InChI=1S/C16H23N3O2/c1-4-5-14(17)16(21)19-13-8-6-12(7-9-13)18-15(20)10-11(2)3/h4,6-9,11,14H,1,5,10,17H2,2-3H3,(H,18,20)(H,19,21). The Morgan fingerprint density at radius 3 is 2.19 bits per heavy atom. The lowest BCUT2D eigenvalue weighted by atomic mass is 10.1. The minimum Gasteiger partial charge on any atom is -0.326 e. The van der Waals surface area contributed by atoms with E-state index in [1.54, 1.807) is 30.3 Å². The Bertz CT molecular complexity index is 495. The van der Waals surface area contributed by atoms with Crippen LogP contribution in [0, 0.1) is 5.92 Å². The highest BCUT2D eigenvalue weighted by Crippen LogP contribution is 2.15. The Hall–Kier alpha value is -2.14. The molecule has 0 aliphatic rings. The van der Waals surface area contributed by atoms with E-state index in [1.807, 2.05) is 13.8 Å². The first-order chi connectivity index (χ1) is 9.92. The molecule has 0 spiro atoms. The van der Waals surface area contributed by atoms with E-state index in [2.05, 4.69) is 17.2 Å². The van der Waals surface area contributed by atoms with Crippen molar-refractivity contribution in [2.75, 3.05) is 10.6 Å². The number of benzene rings is 1. The number of anilines is 2. The number of nitrogens with one attached hydrogen (secondary N) is 2. The predicted molar refractivity (Wildman–Crippen MR) is 85.9 cm³/mol. The summed E-state index contributed by atoms with van der Waals surface area (Å²) >= 11 is 0. The van der Waals surface area contributed by atoms with Crippen LogP contribution in [-0.4, -0.2) is 17.9 Å². The van der Waals surface area contributed by atoms with Gasteiger partial charge in [-0.15, -0.1) is 6.58 Å². The molecule has 4 N–H and O–H groups in total.